The Morgan fingerprint density at radius 3 is 2.13 bits per heavy atom. The standard InChI is InChI=1S/C50H66N11O7PS/c1-34(2)46(62)55-48-54-45-44(47(63)56-48)53-33-60(45)43-29-39(40(68-43)30-64-61(9,10)49(3,4)5)58-69(70,65-27-26-51-6)66-31-41-38(28-42(67-41)52-32-59(7)8)57-50(35-20-14-11-15-21-35,36-22-16-12-17-23-36)37-24-18-13-19-25-37/h11-25,32-34,38-43,57H,26-31H2,1-5,7-10H3,(H2-,54,55,56,58,62,63,70)/p+1/b52-32-. The number of aliphatic imine (C=N–C) groups is 1. The van der Waals surface area contributed by atoms with Gasteiger partial charge >= 0.3 is 0 Å². The van der Waals surface area contributed by atoms with Crippen LogP contribution in [-0.2, 0) is 45.5 Å². The Morgan fingerprint density at radius 2 is 1.57 bits per heavy atom. The van der Waals surface area contributed by atoms with E-state index in [0.717, 1.165) is 16.7 Å². The molecule has 0 radical (unpaired) electrons. The van der Waals surface area contributed by atoms with Gasteiger partial charge in [-0.2, -0.15) is 9.63 Å². The van der Waals surface area contributed by atoms with Gasteiger partial charge in [0.05, 0.1) is 45.0 Å². The molecule has 0 bridgehead atoms. The van der Waals surface area contributed by atoms with E-state index in [1.165, 1.54) is 6.33 Å². The summed E-state index contributed by atoms with van der Waals surface area (Å²) in [5.41, 5.74) is 1.82. The maximum absolute atomic E-state index is 13.2. The van der Waals surface area contributed by atoms with E-state index in [-0.39, 0.29) is 71.5 Å². The highest BCUT2D eigenvalue weighted by atomic mass is 32.5. The number of carbonyl (C=O) groups excluding carboxylic acids is 1. The predicted octanol–water partition coefficient (Wildman–Crippen LogP) is 6.60. The number of rotatable bonds is 21. The van der Waals surface area contributed by atoms with Gasteiger partial charge in [0.25, 0.3) is 12.2 Å². The Hall–Kier alpha value is -5.23. The number of ether oxygens (including phenoxy) is 2. The number of hydrogen-bond donors (Lipinski definition) is 4. The molecular formula is C50H67N11O7PS+. The molecule has 2 fully saturated rings. The van der Waals surface area contributed by atoms with E-state index < -0.39 is 48.4 Å². The van der Waals surface area contributed by atoms with E-state index in [4.69, 9.17) is 46.7 Å². The van der Waals surface area contributed by atoms with Gasteiger partial charge in [0.2, 0.25) is 18.4 Å². The minimum absolute atomic E-state index is 0.00282. The van der Waals surface area contributed by atoms with Crippen molar-refractivity contribution in [3.63, 3.8) is 0 Å². The molecule has 4 N–H and O–H groups in total. The normalized spacial score (nSPS) is 21.8. The lowest BCUT2D eigenvalue weighted by Crippen LogP contribution is -2.55. The third-order valence-corrected chi connectivity index (χ3v) is 15.4. The number of nitrogens with zero attached hydrogens (tertiary/aromatic N) is 7. The molecule has 0 spiro atoms. The number of aromatic amines is 1. The van der Waals surface area contributed by atoms with Crippen LogP contribution in [0.25, 0.3) is 16.0 Å². The number of fused-ring (bicyclic) bond motifs is 1. The molecule has 7 rings (SSSR count). The number of benzene rings is 3. The highest BCUT2D eigenvalue weighted by Gasteiger charge is 2.47. The predicted molar refractivity (Wildman–Crippen MR) is 274 cm³/mol. The quantitative estimate of drug-likeness (QED) is 0.00904. The lowest BCUT2D eigenvalue weighted by molar-refractivity contribution is -1.11. The number of amides is 1. The van der Waals surface area contributed by atoms with Gasteiger partial charge in [-0.3, -0.25) is 29.8 Å². The van der Waals surface area contributed by atoms with Gasteiger partial charge in [0.15, 0.2) is 17.4 Å². The Labute approximate surface area is 415 Å². The SMILES string of the molecule is [C-]#[N+]CCOP(=S)(NC1CC(n2cnc3c(=O)[nH]c(NC(=O)C(C)C)nc32)OC1CO[N+](C)(C)C(C)(C)C)OCC1OC(/N=C\N(C)C)CC1NC(c1ccccc1)(c1ccccc1)c1ccccc1. The Kier molecular flexibility index (Phi) is 16.9. The molecule has 2 aliphatic rings. The van der Waals surface area contributed by atoms with Crippen LogP contribution < -0.4 is 21.3 Å². The molecule has 20 heteroatoms. The van der Waals surface area contributed by atoms with Crippen molar-refractivity contribution in [2.45, 2.75) is 95.3 Å². The average Bonchev–Trinajstić information content (AvgIpc) is 4.06. The molecule has 5 aromatic rings. The first-order valence-electron chi connectivity index (χ1n) is 23.5. The first-order chi connectivity index (χ1) is 33.3. The van der Waals surface area contributed by atoms with Crippen LogP contribution in [0.15, 0.2) is 107 Å². The van der Waals surface area contributed by atoms with Crippen LogP contribution in [-0.4, -0.2) is 132 Å². The average molecular weight is 997 g/mol. The van der Waals surface area contributed by atoms with Gasteiger partial charge in [0, 0.05) is 44.9 Å². The Morgan fingerprint density at radius 1 is 0.971 bits per heavy atom. The molecule has 7 atom stereocenters. The van der Waals surface area contributed by atoms with Crippen molar-refractivity contribution in [2.24, 2.45) is 10.9 Å². The van der Waals surface area contributed by atoms with Crippen molar-refractivity contribution < 1.29 is 32.8 Å². The van der Waals surface area contributed by atoms with Gasteiger partial charge < -0.3 is 28.3 Å². The number of hydroxylamine groups is 3. The zero-order valence-electron chi connectivity index (χ0n) is 41.4. The molecule has 0 saturated carbocycles. The number of imidazole rings is 1. The lowest BCUT2D eigenvalue weighted by atomic mass is 9.76. The maximum Gasteiger partial charge on any atom is 0.280 e. The van der Waals surface area contributed by atoms with Crippen molar-refractivity contribution in [3.8, 4) is 0 Å². The summed E-state index contributed by atoms with van der Waals surface area (Å²) in [7, 11) is 7.78. The Balaban J connectivity index is 1.22. The molecule has 0 aliphatic carbocycles. The van der Waals surface area contributed by atoms with Crippen LogP contribution in [0.2, 0.25) is 0 Å². The zero-order chi connectivity index (χ0) is 50.3. The summed E-state index contributed by atoms with van der Waals surface area (Å²) in [5, 5.41) is 10.4. The number of carbonyl (C=O) groups is 1. The van der Waals surface area contributed by atoms with Gasteiger partial charge in [-0.25, -0.2) is 26.5 Å². The smallest absolute Gasteiger partial charge is 0.280 e. The molecule has 374 valence electrons. The second-order valence-corrected chi connectivity index (χ2v) is 22.7. The first-order valence-corrected chi connectivity index (χ1v) is 26.2. The molecule has 1 amide bonds. The summed E-state index contributed by atoms with van der Waals surface area (Å²) < 4.78 is 28.7. The minimum atomic E-state index is -3.48. The van der Waals surface area contributed by atoms with Gasteiger partial charge in [-0.15, -0.1) is 0 Å². The van der Waals surface area contributed by atoms with E-state index in [1.807, 2.05) is 87.7 Å². The van der Waals surface area contributed by atoms with Crippen LogP contribution in [0.3, 0.4) is 0 Å². The van der Waals surface area contributed by atoms with Crippen LogP contribution in [0.4, 0.5) is 5.95 Å². The van der Waals surface area contributed by atoms with Crippen LogP contribution in [0.1, 0.15) is 70.4 Å². The lowest BCUT2D eigenvalue weighted by Gasteiger charge is -2.40. The topological polar surface area (TPSA) is 183 Å². The van der Waals surface area contributed by atoms with Crippen molar-refractivity contribution in [3.05, 3.63) is 136 Å². The van der Waals surface area contributed by atoms with E-state index in [1.54, 1.807) is 24.8 Å². The molecule has 70 heavy (non-hydrogen) atoms. The van der Waals surface area contributed by atoms with Gasteiger partial charge in [0.1, 0.15) is 31.1 Å². The second kappa shape index (κ2) is 22.5. The molecule has 7 unspecified atom stereocenters. The maximum atomic E-state index is 13.2. The highest BCUT2D eigenvalue weighted by molar-refractivity contribution is 8.09. The van der Waals surface area contributed by atoms with Crippen molar-refractivity contribution >= 4 is 47.8 Å². The van der Waals surface area contributed by atoms with Crippen molar-refractivity contribution in [1.29, 1.82) is 0 Å². The summed E-state index contributed by atoms with van der Waals surface area (Å²) in [6.45, 7) is 14.1. The van der Waals surface area contributed by atoms with Crippen LogP contribution in [0.5, 0.6) is 0 Å². The van der Waals surface area contributed by atoms with E-state index >= 15 is 0 Å². The number of quaternary nitrogens is 1. The minimum Gasteiger partial charge on any atom is -0.369 e. The largest absolute Gasteiger partial charge is 0.369 e. The number of H-pyrrole nitrogens is 1. The zero-order valence-corrected chi connectivity index (χ0v) is 43.2. The van der Waals surface area contributed by atoms with Gasteiger partial charge in [-0.05, 0) is 49.3 Å². The number of anilines is 1. The summed E-state index contributed by atoms with van der Waals surface area (Å²) in [6, 6.07) is 30.3. The second-order valence-electron chi connectivity index (χ2n) is 19.5. The summed E-state index contributed by atoms with van der Waals surface area (Å²) >= 11 is 6.38. The molecular weight excluding hydrogens is 930 g/mol. The number of hydrogen-bond acceptors (Lipinski definition) is 12. The number of aromatic nitrogens is 4. The van der Waals surface area contributed by atoms with Crippen molar-refractivity contribution in [1.82, 2.24) is 34.8 Å². The summed E-state index contributed by atoms with van der Waals surface area (Å²) in [5.74, 6) is -0.655. The first kappa shape index (κ1) is 52.6. The monoisotopic (exact) mass is 996 g/mol. The van der Waals surface area contributed by atoms with E-state index in [0.29, 0.717) is 12.8 Å². The fourth-order valence-corrected chi connectivity index (χ4v) is 10.6. The molecule has 2 aromatic heterocycles. The Bertz CT molecular complexity index is 2610. The van der Waals surface area contributed by atoms with E-state index in [9.17, 15) is 9.59 Å². The number of nitrogens with one attached hydrogen (secondary N) is 4. The van der Waals surface area contributed by atoms with Crippen LogP contribution >= 0.6 is 6.64 Å². The molecule has 4 heterocycles. The van der Waals surface area contributed by atoms with E-state index in [2.05, 4.69) is 92.7 Å². The fourth-order valence-electron chi connectivity index (χ4n) is 8.22. The third-order valence-electron chi connectivity index (χ3n) is 12.8. The fraction of sp³-hybridized carbons (Fsp3) is 0.480. The highest BCUT2D eigenvalue weighted by Crippen LogP contribution is 2.48. The van der Waals surface area contributed by atoms with Gasteiger partial charge in [-0.1, -0.05) is 105 Å². The molecule has 3 aromatic carbocycles. The molecule has 2 aliphatic heterocycles. The molecule has 2 saturated heterocycles. The van der Waals surface area contributed by atoms with Crippen molar-refractivity contribution in [2.75, 3.05) is 59.9 Å². The molecule has 18 nitrogen and oxygen atoms in total. The third kappa shape index (κ3) is 12.3. The summed E-state index contributed by atoms with van der Waals surface area (Å²) in [6.07, 6.45) is 1.65. The summed E-state index contributed by atoms with van der Waals surface area (Å²) in [4.78, 5) is 54.3. The van der Waals surface area contributed by atoms with Crippen LogP contribution in [0, 0.1) is 12.5 Å².